The summed E-state index contributed by atoms with van der Waals surface area (Å²) < 4.78 is 35.4. The summed E-state index contributed by atoms with van der Waals surface area (Å²) >= 11 is 6.14. The van der Waals surface area contributed by atoms with Gasteiger partial charge in [0.05, 0.1) is 5.75 Å². The van der Waals surface area contributed by atoms with Crippen LogP contribution in [0.1, 0.15) is 25.8 Å². The van der Waals surface area contributed by atoms with Crippen molar-refractivity contribution in [1.82, 2.24) is 10.6 Å². The van der Waals surface area contributed by atoms with E-state index in [4.69, 9.17) is 11.6 Å². The molecule has 0 amide bonds. The molecule has 1 aromatic carbocycles. The van der Waals surface area contributed by atoms with Crippen LogP contribution < -0.4 is 10.6 Å². The zero-order chi connectivity index (χ0) is 18.4. The number of benzene rings is 1. The number of halogens is 3. The first-order chi connectivity index (χ1) is 11.0. The van der Waals surface area contributed by atoms with E-state index in [1.54, 1.807) is 13.1 Å². The number of rotatable bonds is 7. The molecule has 0 aromatic heterocycles. The second kappa shape index (κ2) is 10.5. The predicted octanol–water partition coefficient (Wildman–Crippen LogP) is 2.97. The van der Waals surface area contributed by atoms with E-state index >= 15 is 0 Å². The van der Waals surface area contributed by atoms with Crippen LogP contribution in [0.25, 0.3) is 0 Å². The third-order valence-corrected chi connectivity index (χ3v) is 4.91. The number of guanidine groups is 1. The van der Waals surface area contributed by atoms with Crippen LogP contribution in [0.5, 0.6) is 0 Å². The van der Waals surface area contributed by atoms with Gasteiger partial charge in [-0.05, 0) is 24.1 Å². The van der Waals surface area contributed by atoms with Crippen molar-refractivity contribution in [3.63, 3.8) is 0 Å². The molecule has 0 radical (unpaired) electrons. The topological polar surface area (TPSA) is 70.6 Å². The van der Waals surface area contributed by atoms with Gasteiger partial charge in [-0.2, -0.15) is 0 Å². The Balaban J connectivity index is 0.00000576. The summed E-state index contributed by atoms with van der Waals surface area (Å²) in [5.74, 6) is 0.346. The van der Waals surface area contributed by atoms with Crippen molar-refractivity contribution in [1.29, 1.82) is 0 Å². The van der Waals surface area contributed by atoms with Crippen molar-refractivity contribution in [2.75, 3.05) is 32.1 Å². The molecule has 0 aliphatic carbocycles. The molecule has 144 valence electrons. The smallest absolute Gasteiger partial charge is 0.191 e. The Morgan fingerprint density at radius 3 is 2.48 bits per heavy atom. The molecule has 5 nitrogen and oxygen atoms in total. The number of hydrogen-bond donors (Lipinski definition) is 2. The molecule has 0 atom stereocenters. The fourth-order valence-electron chi connectivity index (χ4n) is 2.20. The summed E-state index contributed by atoms with van der Waals surface area (Å²) in [5, 5.41) is 6.64. The van der Waals surface area contributed by atoms with E-state index < -0.39 is 9.84 Å². The number of sulfone groups is 1. The van der Waals surface area contributed by atoms with Gasteiger partial charge in [0.2, 0.25) is 0 Å². The van der Waals surface area contributed by atoms with Crippen molar-refractivity contribution >= 4 is 51.4 Å². The Morgan fingerprint density at radius 2 is 1.96 bits per heavy atom. The molecular formula is C16H26ClFIN3O2S. The van der Waals surface area contributed by atoms with Gasteiger partial charge in [-0.1, -0.05) is 31.5 Å². The number of nitrogens with one attached hydrogen (secondary N) is 2. The number of nitrogens with zero attached hydrogens (tertiary/aromatic N) is 1. The van der Waals surface area contributed by atoms with Crippen molar-refractivity contribution in [3.8, 4) is 0 Å². The largest absolute Gasteiger partial charge is 0.356 e. The highest BCUT2D eigenvalue weighted by atomic mass is 127. The van der Waals surface area contributed by atoms with Crippen molar-refractivity contribution < 1.29 is 12.8 Å². The van der Waals surface area contributed by atoms with E-state index in [1.165, 1.54) is 18.4 Å². The maximum absolute atomic E-state index is 13.2. The maximum Gasteiger partial charge on any atom is 0.191 e. The average Bonchev–Trinajstić information content (AvgIpc) is 2.45. The summed E-state index contributed by atoms with van der Waals surface area (Å²) in [6.45, 7) is 5.03. The molecule has 25 heavy (non-hydrogen) atoms. The van der Waals surface area contributed by atoms with Gasteiger partial charge in [0, 0.05) is 36.8 Å². The molecule has 0 aliphatic rings. The zero-order valence-electron chi connectivity index (χ0n) is 14.9. The molecule has 0 unspecified atom stereocenters. The molecule has 0 heterocycles. The Kier molecular flexibility index (Phi) is 10.3. The summed E-state index contributed by atoms with van der Waals surface area (Å²) in [6.07, 6.45) is 1.72. The van der Waals surface area contributed by atoms with Crippen LogP contribution in [0.3, 0.4) is 0 Å². The van der Waals surface area contributed by atoms with E-state index in [0.29, 0.717) is 30.5 Å². The maximum atomic E-state index is 13.2. The Morgan fingerprint density at radius 1 is 1.32 bits per heavy atom. The first-order valence-corrected chi connectivity index (χ1v) is 10.1. The minimum atomic E-state index is -2.95. The monoisotopic (exact) mass is 505 g/mol. The Labute approximate surface area is 171 Å². The molecule has 1 rings (SSSR count). The lowest BCUT2D eigenvalue weighted by Gasteiger charge is -2.27. The van der Waals surface area contributed by atoms with Gasteiger partial charge in [0.1, 0.15) is 15.7 Å². The lowest BCUT2D eigenvalue weighted by Crippen LogP contribution is -2.44. The number of hydrogen-bond acceptors (Lipinski definition) is 3. The quantitative estimate of drug-likeness (QED) is 0.259. The first kappa shape index (κ1) is 24.4. The molecule has 9 heteroatoms. The third-order valence-electron chi connectivity index (χ3n) is 3.57. The van der Waals surface area contributed by atoms with Gasteiger partial charge in [0.25, 0.3) is 0 Å². The van der Waals surface area contributed by atoms with Crippen LogP contribution in [0.2, 0.25) is 5.02 Å². The van der Waals surface area contributed by atoms with Crippen LogP contribution in [-0.4, -0.2) is 46.5 Å². The van der Waals surface area contributed by atoms with Crippen LogP contribution in [-0.2, 0) is 15.3 Å². The fraction of sp³-hybridized carbons (Fsp3) is 0.562. The SMILES string of the molecule is CN=C(NCCCS(C)(=O)=O)NCC(C)(C)c1ccc(F)cc1Cl.I. The molecule has 0 saturated carbocycles. The second-order valence-electron chi connectivity index (χ2n) is 6.34. The Bertz CT molecular complexity index is 697. The molecule has 2 N–H and O–H groups in total. The molecule has 1 aromatic rings. The van der Waals surface area contributed by atoms with E-state index in [2.05, 4.69) is 15.6 Å². The minimum Gasteiger partial charge on any atom is -0.356 e. The van der Waals surface area contributed by atoms with Gasteiger partial charge < -0.3 is 10.6 Å². The summed E-state index contributed by atoms with van der Waals surface area (Å²) in [7, 11) is -1.31. The van der Waals surface area contributed by atoms with Crippen molar-refractivity contribution in [2.45, 2.75) is 25.7 Å². The predicted molar refractivity (Wildman–Crippen MR) is 114 cm³/mol. The van der Waals surface area contributed by atoms with Crippen LogP contribution in [0, 0.1) is 5.82 Å². The lowest BCUT2D eigenvalue weighted by molar-refractivity contribution is 0.507. The van der Waals surface area contributed by atoms with Gasteiger partial charge in [0.15, 0.2) is 5.96 Å². The summed E-state index contributed by atoms with van der Waals surface area (Å²) in [6, 6.07) is 4.37. The Hall–Kier alpha value is -0.610. The average molecular weight is 506 g/mol. The van der Waals surface area contributed by atoms with Crippen molar-refractivity contribution in [2.24, 2.45) is 4.99 Å². The van der Waals surface area contributed by atoms with E-state index in [-0.39, 0.29) is 41.0 Å². The highest BCUT2D eigenvalue weighted by Crippen LogP contribution is 2.29. The van der Waals surface area contributed by atoms with E-state index in [9.17, 15) is 12.8 Å². The van der Waals surface area contributed by atoms with E-state index in [1.807, 2.05) is 13.8 Å². The van der Waals surface area contributed by atoms with Gasteiger partial charge in [-0.3, -0.25) is 4.99 Å². The molecule has 0 saturated heterocycles. The third kappa shape index (κ3) is 9.05. The zero-order valence-corrected chi connectivity index (χ0v) is 18.8. The van der Waals surface area contributed by atoms with Gasteiger partial charge in [-0.15, -0.1) is 24.0 Å². The highest BCUT2D eigenvalue weighted by Gasteiger charge is 2.24. The number of aliphatic imine (C=N–C) groups is 1. The van der Waals surface area contributed by atoms with Crippen LogP contribution >= 0.6 is 35.6 Å². The minimum absolute atomic E-state index is 0. The standard InChI is InChI=1S/C16H25ClFN3O2S.HI/c1-16(2,13-7-6-12(18)10-14(13)17)11-21-15(19-3)20-8-5-9-24(4,22)23;/h6-7,10H,5,8-9,11H2,1-4H3,(H2,19,20,21);1H. The van der Waals surface area contributed by atoms with Gasteiger partial charge >= 0.3 is 0 Å². The lowest BCUT2D eigenvalue weighted by atomic mass is 9.84. The van der Waals surface area contributed by atoms with Crippen LogP contribution in [0.4, 0.5) is 4.39 Å². The molecule has 0 fully saturated rings. The molecule has 0 bridgehead atoms. The molecular weight excluding hydrogens is 480 g/mol. The highest BCUT2D eigenvalue weighted by molar-refractivity contribution is 14.0. The first-order valence-electron chi connectivity index (χ1n) is 7.63. The van der Waals surface area contributed by atoms with E-state index in [0.717, 1.165) is 5.56 Å². The second-order valence-corrected chi connectivity index (χ2v) is 9.01. The van der Waals surface area contributed by atoms with Crippen molar-refractivity contribution in [3.05, 3.63) is 34.6 Å². The van der Waals surface area contributed by atoms with Gasteiger partial charge in [-0.25, -0.2) is 12.8 Å². The summed E-state index contributed by atoms with van der Waals surface area (Å²) in [5.41, 5.74) is 0.500. The van der Waals surface area contributed by atoms with Crippen LogP contribution in [0.15, 0.2) is 23.2 Å². The fourth-order valence-corrected chi connectivity index (χ4v) is 3.29. The normalized spacial score (nSPS) is 12.5. The summed E-state index contributed by atoms with van der Waals surface area (Å²) in [4.78, 5) is 4.11. The molecule has 0 spiro atoms. The molecule has 0 aliphatic heterocycles.